The highest BCUT2D eigenvalue weighted by Gasteiger charge is 2.30. The minimum atomic E-state index is -0.715. The fraction of sp³-hybridized carbons (Fsp3) is 0.286. The minimum Gasteiger partial charge on any atom is -0.360 e. The van der Waals surface area contributed by atoms with Gasteiger partial charge in [-0.1, -0.05) is 23.7 Å². The van der Waals surface area contributed by atoms with Crippen molar-refractivity contribution in [2.75, 3.05) is 0 Å². The Morgan fingerprint density at radius 2 is 1.86 bits per heavy atom. The lowest BCUT2D eigenvalue weighted by Crippen LogP contribution is -2.27. The van der Waals surface area contributed by atoms with Crippen molar-refractivity contribution < 1.29 is 9.53 Å². The Labute approximate surface area is 218 Å². The summed E-state index contributed by atoms with van der Waals surface area (Å²) in [5.41, 5.74) is 5.84. The molecule has 0 aliphatic heterocycles. The lowest BCUT2D eigenvalue weighted by atomic mass is 9.90. The molecule has 0 bridgehead atoms. The molecular weight excluding hydrogens is 492 g/mol. The summed E-state index contributed by atoms with van der Waals surface area (Å²) >= 11 is 7.81. The van der Waals surface area contributed by atoms with Crippen LogP contribution in [0.4, 0.5) is 0 Å². The van der Waals surface area contributed by atoms with E-state index in [-0.39, 0.29) is 5.78 Å². The van der Waals surface area contributed by atoms with Gasteiger partial charge < -0.3 is 4.74 Å². The number of ether oxygens (including phenoxy) is 1. The summed E-state index contributed by atoms with van der Waals surface area (Å²) in [6, 6.07) is 11.6. The number of halogens is 1. The van der Waals surface area contributed by atoms with Gasteiger partial charge in [0.15, 0.2) is 5.78 Å². The molecule has 0 fully saturated rings. The normalized spacial score (nSPS) is 13.0. The second kappa shape index (κ2) is 9.07. The number of Topliss-reactive ketones (excluding diaryl/α,β-unsaturated/α-hetero) is 1. The van der Waals surface area contributed by atoms with Gasteiger partial charge in [-0.3, -0.25) is 14.5 Å². The van der Waals surface area contributed by atoms with Crippen molar-refractivity contribution in [2.45, 2.75) is 46.3 Å². The molecule has 3 heterocycles. The van der Waals surface area contributed by atoms with Crippen molar-refractivity contribution in [3.63, 3.8) is 0 Å². The number of carbonyl (C=O) groups excluding carboxylic acids is 1. The molecule has 6 nitrogen and oxygen atoms in total. The van der Waals surface area contributed by atoms with Crippen LogP contribution in [0, 0.1) is 6.92 Å². The molecule has 8 heteroatoms. The van der Waals surface area contributed by atoms with E-state index in [1.807, 2.05) is 82.0 Å². The van der Waals surface area contributed by atoms with E-state index in [2.05, 4.69) is 10.1 Å². The summed E-state index contributed by atoms with van der Waals surface area (Å²) < 4.78 is 9.17. The van der Waals surface area contributed by atoms with Crippen LogP contribution in [0.25, 0.3) is 42.9 Å². The molecule has 3 aromatic heterocycles. The molecule has 5 rings (SSSR count). The molecule has 2 aromatic carbocycles. The van der Waals surface area contributed by atoms with Crippen LogP contribution in [-0.2, 0) is 16.6 Å². The zero-order valence-corrected chi connectivity index (χ0v) is 22.7. The van der Waals surface area contributed by atoms with Gasteiger partial charge in [-0.05, 0) is 70.0 Å². The van der Waals surface area contributed by atoms with E-state index >= 15 is 0 Å². The van der Waals surface area contributed by atoms with Crippen LogP contribution in [0.5, 0.6) is 0 Å². The summed E-state index contributed by atoms with van der Waals surface area (Å²) in [5, 5.41) is 7.08. The number of thiazole rings is 1. The number of benzene rings is 2. The van der Waals surface area contributed by atoms with Gasteiger partial charge in [0.25, 0.3) is 0 Å². The molecule has 0 radical (unpaired) electrons. The molecule has 36 heavy (non-hydrogen) atoms. The van der Waals surface area contributed by atoms with Gasteiger partial charge in [0.2, 0.25) is 0 Å². The summed E-state index contributed by atoms with van der Waals surface area (Å²) in [6.07, 6.45) is 2.85. The second-order valence-corrected chi connectivity index (χ2v) is 11.4. The van der Waals surface area contributed by atoms with E-state index in [0.29, 0.717) is 5.02 Å². The highest BCUT2D eigenvalue weighted by atomic mass is 35.5. The van der Waals surface area contributed by atoms with Crippen LogP contribution in [0.15, 0.2) is 48.8 Å². The zero-order valence-electron chi connectivity index (χ0n) is 21.1. The molecule has 0 spiro atoms. The first-order chi connectivity index (χ1) is 17.0. The molecule has 0 unspecified atom stereocenters. The van der Waals surface area contributed by atoms with E-state index in [9.17, 15) is 4.79 Å². The lowest BCUT2D eigenvalue weighted by molar-refractivity contribution is -0.138. The number of hydrogen-bond donors (Lipinski definition) is 0. The Morgan fingerprint density at radius 1 is 1.14 bits per heavy atom. The molecule has 0 N–H and O–H groups in total. The highest BCUT2D eigenvalue weighted by Crippen LogP contribution is 2.45. The quantitative estimate of drug-likeness (QED) is 0.244. The smallest absolute Gasteiger partial charge is 0.163 e. The van der Waals surface area contributed by atoms with Crippen LogP contribution in [0.2, 0.25) is 5.02 Å². The van der Waals surface area contributed by atoms with Crippen molar-refractivity contribution in [3.05, 3.63) is 64.9 Å². The third-order valence-electron chi connectivity index (χ3n) is 6.00. The predicted molar refractivity (Wildman–Crippen MR) is 147 cm³/mol. The van der Waals surface area contributed by atoms with E-state index in [0.717, 1.165) is 54.1 Å². The maximum absolute atomic E-state index is 13.0. The largest absolute Gasteiger partial charge is 0.360 e. The molecule has 0 saturated carbocycles. The van der Waals surface area contributed by atoms with Crippen LogP contribution < -0.4 is 0 Å². The topological polar surface area (TPSA) is 69.9 Å². The van der Waals surface area contributed by atoms with Crippen LogP contribution in [-0.4, -0.2) is 31.1 Å². The second-order valence-electron chi connectivity index (χ2n) is 9.94. The van der Waals surface area contributed by atoms with E-state index in [1.54, 1.807) is 24.5 Å². The Morgan fingerprint density at radius 3 is 2.53 bits per heavy atom. The van der Waals surface area contributed by atoms with E-state index in [1.165, 1.54) is 0 Å². The van der Waals surface area contributed by atoms with Crippen molar-refractivity contribution in [1.29, 1.82) is 0 Å². The fourth-order valence-electron chi connectivity index (χ4n) is 4.55. The number of ketones is 1. The third kappa shape index (κ3) is 4.43. The van der Waals surface area contributed by atoms with Crippen LogP contribution in [0.1, 0.15) is 44.9 Å². The molecular formula is C28H27ClN4O2S. The van der Waals surface area contributed by atoms with Crippen molar-refractivity contribution in [3.8, 4) is 21.8 Å². The van der Waals surface area contributed by atoms with E-state index in [4.69, 9.17) is 21.3 Å². The summed E-state index contributed by atoms with van der Waals surface area (Å²) in [6.45, 7) is 9.48. The molecule has 0 aliphatic rings. The number of fused-ring (bicyclic) bond motifs is 2. The molecule has 0 saturated heterocycles. The lowest BCUT2D eigenvalue weighted by Gasteiger charge is -2.29. The standard InChI is InChI=1S/C28H27ClN4O2S/c1-15-13-21-26(36-27(31-21)24-19-14-30-12-11-20(19)32-33(24)6)23(17-7-9-18(29)10-8-17)22(15)25(16(2)34)35-28(3,4)5/h7-14,25H,1-6H3/t25-/m1/s1. The van der Waals surface area contributed by atoms with Crippen LogP contribution >= 0.6 is 22.9 Å². The molecule has 1 atom stereocenters. The molecule has 5 aromatic rings. The van der Waals surface area contributed by atoms with E-state index < -0.39 is 11.7 Å². The number of carbonyl (C=O) groups is 1. The van der Waals surface area contributed by atoms with Gasteiger partial charge in [0.1, 0.15) is 16.8 Å². The Hall–Kier alpha value is -3.13. The minimum absolute atomic E-state index is 0.0453. The van der Waals surface area contributed by atoms with Gasteiger partial charge in [-0.2, -0.15) is 5.10 Å². The monoisotopic (exact) mass is 518 g/mol. The van der Waals surface area contributed by atoms with Crippen molar-refractivity contribution in [2.24, 2.45) is 7.05 Å². The Bertz CT molecular complexity index is 1610. The number of nitrogens with zero attached hydrogens (tertiary/aromatic N) is 4. The molecule has 184 valence electrons. The summed E-state index contributed by atoms with van der Waals surface area (Å²) in [4.78, 5) is 22.3. The van der Waals surface area contributed by atoms with Gasteiger partial charge in [0.05, 0.1) is 21.3 Å². The number of pyridine rings is 1. The molecule has 0 amide bonds. The first kappa shape index (κ1) is 24.6. The molecule has 0 aliphatic carbocycles. The van der Waals surface area contributed by atoms with Crippen LogP contribution in [0.3, 0.4) is 0 Å². The predicted octanol–water partition coefficient (Wildman–Crippen LogP) is 7.32. The average Bonchev–Trinajstić information content (AvgIpc) is 3.36. The van der Waals surface area contributed by atoms with Gasteiger partial charge >= 0.3 is 0 Å². The first-order valence-corrected chi connectivity index (χ1v) is 12.9. The Kier molecular flexibility index (Phi) is 6.19. The summed E-state index contributed by atoms with van der Waals surface area (Å²) in [7, 11) is 1.92. The zero-order chi connectivity index (χ0) is 25.8. The SMILES string of the molecule is CC(=O)[C@@H](OC(C)(C)C)c1c(C)cc2nc(-c3c4cnccc4nn3C)sc2c1-c1ccc(Cl)cc1. The number of rotatable bonds is 5. The van der Waals surface area contributed by atoms with Gasteiger partial charge in [0, 0.05) is 41.0 Å². The summed E-state index contributed by atoms with van der Waals surface area (Å²) in [5.74, 6) is -0.0453. The first-order valence-electron chi connectivity index (χ1n) is 11.7. The van der Waals surface area contributed by atoms with Gasteiger partial charge in [-0.25, -0.2) is 4.98 Å². The average molecular weight is 519 g/mol. The highest BCUT2D eigenvalue weighted by molar-refractivity contribution is 7.22. The van der Waals surface area contributed by atoms with Crippen molar-refractivity contribution in [1.82, 2.24) is 19.7 Å². The van der Waals surface area contributed by atoms with Gasteiger partial charge in [-0.15, -0.1) is 11.3 Å². The number of hydrogen-bond acceptors (Lipinski definition) is 6. The Balaban J connectivity index is 1.83. The van der Waals surface area contributed by atoms with Crippen molar-refractivity contribution >= 4 is 49.8 Å². The maximum atomic E-state index is 13.0. The number of aryl methyl sites for hydroxylation is 2. The number of aromatic nitrogens is 4. The fourth-order valence-corrected chi connectivity index (χ4v) is 5.89. The maximum Gasteiger partial charge on any atom is 0.163 e. The third-order valence-corrected chi connectivity index (χ3v) is 7.35.